The molecule has 8 nitrogen and oxygen atoms in total. The van der Waals surface area contributed by atoms with Gasteiger partial charge < -0.3 is 4.74 Å². The SMILES string of the molecule is CCOc1nc2sc3c(c2c(=O)n1CCN1CCN(S(=O)(=O)c2ccc(F)cc2)CC1)CCCC3. The third-order valence-corrected chi connectivity index (χ3v) is 9.83. The number of halogens is 1. The van der Waals surface area contributed by atoms with Crippen molar-refractivity contribution in [2.24, 2.45) is 0 Å². The number of ether oxygens (including phenoxy) is 1. The lowest BCUT2D eigenvalue weighted by molar-refractivity contribution is 0.178. The molecule has 0 unspecified atom stereocenters. The molecule has 11 heteroatoms. The van der Waals surface area contributed by atoms with Crippen molar-refractivity contribution in [2.75, 3.05) is 39.3 Å². The van der Waals surface area contributed by atoms with Crippen molar-refractivity contribution in [1.29, 1.82) is 0 Å². The number of nitrogens with zero attached hydrogens (tertiary/aromatic N) is 4. The van der Waals surface area contributed by atoms with E-state index >= 15 is 0 Å². The zero-order valence-electron chi connectivity index (χ0n) is 19.7. The van der Waals surface area contributed by atoms with Gasteiger partial charge in [-0.1, -0.05) is 0 Å². The summed E-state index contributed by atoms with van der Waals surface area (Å²) in [5.41, 5.74) is 1.11. The Hall–Kier alpha value is -2.34. The minimum absolute atomic E-state index is 0.0460. The molecular weight excluding hydrogens is 491 g/mol. The van der Waals surface area contributed by atoms with E-state index in [-0.39, 0.29) is 10.5 Å². The fourth-order valence-electron chi connectivity index (χ4n) is 4.85. The van der Waals surface area contributed by atoms with E-state index in [0.717, 1.165) is 53.6 Å². The molecule has 188 valence electrons. The first-order valence-electron chi connectivity index (χ1n) is 12.0. The highest BCUT2D eigenvalue weighted by molar-refractivity contribution is 7.89. The molecule has 0 saturated carbocycles. The predicted octanol–water partition coefficient (Wildman–Crippen LogP) is 2.88. The molecule has 0 bridgehead atoms. The van der Waals surface area contributed by atoms with Crippen molar-refractivity contribution in [3.63, 3.8) is 0 Å². The van der Waals surface area contributed by atoms with E-state index in [2.05, 4.69) is 4.90 Å². The van der Waals surface area contributed by atoms with Gasteiger partial charge in [-0.3, -0.25) is 14.3 Å². The van der Waals surface area contributed by atoms with Crippen molar-refractivity contribution in [3.8, 4) is 6.01 Å². The molecule has 2 aliphatic rings. The van der Waals surface area contributed by atoms with E-state index in [1.54, 1.807) is 15.9 Å². The first-order valence-corrected chi connectivity index (χ1v) is 14.3. The van der Waals surface area contributed by atoms with E-state index in [1.165, 1.54) is 21.3 Å². The van der Waals surface area contributed by atoms with Crippen LogP contribution in [0.1, 0.15) is 30.2 Å². The summed E-state index contributed by atoms with van der Waals surface area (Å²) in [5.74, 6) is -0.467. The quantitative estimate of drug-likeness (QED) is 0.476. The van der Waals surface area contributed by atoms with Crippen LogP contribution in [0.3, 0.4) is 0 Å². The first-order chi connectivity index (χ1) is 16.9. The Morgan fingerprint density at radius 3 is 2.49 bits per heavy atom. The lowest BCUT2D eigenvalue weighted by atomic mass is 9.97. The van der Waals surface area contributed by atoms with Crippen LogP contribution in [0.25, 0.3) is 10.2 Å². The Labute approximate surface area is 208 Å². The molecule has 3 heterocycles. The van der Waals surface area contributed by atoms with Crippen LogP contribution >= 0.6 is 11.3 Å². The summed E-state index contributed by atoms with van der Waals surface area (Å²) in [4.78, 5) is 22.5. The van der Waals surface area contributed by atoms with Crippen molar-refractivity contribution < 1.29 is 17.5 Å². The van der Waals surface area contributed by atoms with E-state index < -0.39 is 15.8 Å². The van der Waals surface area contributed by atoms with Crippen molar-refractivity contribution in [2.45, 2.75) is 44.0 Å². The molecule has 1 aromatic carbocycles. The van der Waals surface area contributed by atoms with Gasteiger partial charge in [-0.05, 0) is 62.4 Å². The molecule has 0 atom stereocenters. The van der Waals surface area contributed by atoms with Crippen LogP contribution in [0.4, 0.5) is 4.39 Å². The number of rotatable bonds is 7. The number of thiophene rings is 1. The second-order valence-corrected chi connectivity index (χ2v) is 11.9. The predicted molar refractivity (Wildman–Crippen MR) is 133 cm³/mol. The fourth-order valence-corrected chi connectivity index (χ4v) is 7.51. The van der Waals surface area contributed by atoms with Gasteiger partial charge in [0.1, 0.15) is 10.6 Å². The highest BCUT2D eigenvalue weighted by Crippen LogP contribution is 2.34. The Morgan fingerprint density at radius 1 is 1.06 bits per heavy atom. The fraction of sp³-hybridized carbons (Fsp3) is 0.500. The highest BCUT2D eigenvalue weighted by Gasteiger charge is 2.29. The maximum absolute atomic E-state index is 13.5. The van der Waals surface area contributed by atoms with Crippen LogP contribution in [-0.2, 0) is 29.4 Å². The number of aromatic nitrogens is 2. The molecule has 1 aliphatic heterocycles. The Balaban J connectivity index is 1.30. The average Bonchev–Trinajstić information content (AvgIpc) is 3.23. The van der Waals surface area contributed by atoms with Crippen LogP contribution in [0.2, 0.25) is 0 Å². The largest absolute Gasteiger partial charge is 0.465 e. The minimum Gasteiger partial charge on any atom is -0.465 e. The summed E-state index contributed by atoms with van der Waals surface area (Å²) >= 11 is 1.61. The maximum atomic E-state index is 13.5. The van der Waals surface area contributed by atoms with E-state index in [9.17, 15) is 17.6 Å². The number of hydrogen-bond acceptors (Lipinski definition) is 7. The molecule has 5 rings (SSSR count). The molecule has 1 saturated heterocycles. The molecule has 3 aromatic rings. The third-order valence-electron chi connectivity index (χ3n) is 6.74. The number of sulfonamides is 1. The van der Waals surface area contributed by atoms with Gasteiger partial charge in [-0.15, -0.1) is 11.3 Å². The number of aryl methyl sites for hydroxylation is 2. The van der Waals surface area contributed by atoms with Gasteiger partial charge in [0, 0.05) is 44.1 Å². The smallest absolute Gasteiger partial charge is 0.300 e. The van der Waals surface area contributed by atoms with Gasteiger partial charge in [-0.25, -0.2) is 12.8 Å². The average molecular weight is 521 g/mol. The normalized spacial score (nSPS) is 17.5. The summed E-state index contributed by atoms with van der Waals surface area (Å²) in [6.45, 7) is 5.07. The Kier molecular flexibility index (Phi) is 6.93. The number of benzene rings is 1. The van der Waals surface area contributed by atoms with Crippen LogP contribution in [0.5, 0.6) is 6.01 Å². The van der Waals surface area contributed by atoms with Gasteiger partial charge in [0.2, 0.25) is 10.0 Å². The van der Waals surface area contributed by atoms with E-state index in [1.807, 2.05) is 6.92 Å². The molecule has 0 spiro atoms. The van der Waals surface area contributed by atoms with E-state index in [0.29, 0.717) is 51.9 Å². The van der Waals surface area contributed by atoms with Crippen molar-refractivity contribution in [3.05, 3.63) is 50.9 Å². The topological polar surface area (TPSA) is 84.7 Å². The van der Waals surface area contributed by atoms with Crippen LogP contribution in [0, 0.1) is 5.82 Å². The Bertz CT molecular complexity index is 1380. The number of hydrogen-bond donors (Lipinski definition) is 0. The van der Waals surface area contributed by atoms with Crippen LogP contribution in [-0.4, -0.2) is 66.5 Å². The minimum atomic E-state index is -3.66. The molecule has 0 N–H and O–H groups in total. The molecule has 1 fully saturated rings. The summed E-state index contributed by atoms with van der Waals surface area (Å²) in [7, 11) is -3.66. The number of fused-ring (bicyclic) bond motifs is 3. The lowest BCUT2D eigenvalue weighted by Crippen LogP contribution is -2.49. The maximum Gasteiger partial charge on any atom is 0.300 e. The summed E-state index contributed by atoms with van der Waals surface area (Å²) < 4.78 is 47.8. The second kappa shape index (κ2) is 9.96. The summed E-state index contributed by atoms with van der Waals surface area (Å²) in [6.07, 6.45) is 4.17. The summed E-state index contributed by atoms with van der Waals surface area (Å²) in [5, 5.41) is 0.739. The van der Waals surface area contributed by atoms with Crippen LogP contribution < -0.4 is 10.3 Å². The zero-order valence-corrected chi connectivity index (χ0v) is 21.3. The van der Waals surface area contributed by atoms with Gasteiger partial charge in [-0.2, -0.15) is 9.29 Å². The molecular formula is C24H29FN4O4S2. The molecule has 0 amide bonds. The van der Waals surface area contributed by atoms with Crippen molar-refractivity contribution in [1.82, 2.24) is 18.8 Å². The lowest BCUT2D eigenvalue weighted by Gasteiger charge is -2.34. The van der Waals surface area contributed by atoms with Gasteiger partial charge in [0.15, 0.2) is 0 Å². The third kappa shape index (κ3) is 4.74. The van der Waals surface area contributed by atoms with Gasteiger partial charge in [0.25, 0.3) is 5.56 Å². The molecule has 0 radical (unpaired) electrons. The highest BCUT2D eigenvalue weighted by atomic mass is 32.2. The van der Waals surface area contributed by atoms with Gasteiger partial charge in [0.05, 0.1) is 16.9 Å². The first kappa shape index (κ1) is 24.4. The standard InChI is InChI=1S/C24H29FN4O4S2/c1-2-33-24-26-22-21(19-5-3-4-6-20(19)34-22)23(30)29(24)16-13-27-11-14-28(15-12-27)35(31,32)18-9-7-17(25)8-10-18/h7-10H,2-6,11-16H2,1H3. The number of piperazine rings is 1. The van der Waals surface area contributed by atoms with Gasteiger partial charge >= 0.3 is 6.01 Å². The van der Waals surface area contributed by atoms with Crippen molar-refractivity contribution >= 4 is 31.6 Å². The van der Waals surface area contributed by atoms with E-state index in [4.69, 9.17) is 9.72 Å². The second-order valence-electron chi connectivity index (χ2n) is 8.87. The Morgan fingerprint density at radius 2 is 1.77 bits per heavy atom. The van der Waals surface area contributed by atoms with Crippen LogP contribution in [0.15, 0.2) is 34.0 Å². The summed E-state index contributed by atoms with van der Waals surface area (Å²) in [6, 6.07) is 5.26. The monoisotopic (exact) mass is 520 g/mol. The molecule has 1 aliphatic carbocycles. The molecule has 35 heavy (non-hydrogen) atoms. The molecule has 2 aromatic heterocycles. The zero-order chi connectivity index (χ0) is 24.6.